The molecule has 76 heavy (non-hydrogen) atoms. The summed E-state index contributed by atoms with van der Waals surface area (Å²) in [6, 6.07) is 0. The molecule has 6 nitrogen and oxygen atoms in total. The van der Waals surface area contributed by atoms with E-state index in [-0.39, 0.29) is 31.1 Å². The second-order valence-corrected chi connectivity index (χ2v) is 23.1. The van der Waals surface area contributed by atoms with Gasteiger partial charge in [0.2, 0.25) is 0 Å². The predicted molar refractivity (Wildman–Crippen MR) is 330 cm³/mol. The summed E-state index contributed by atoms with van der Waals surface area (Å²) in [5.74, 6) is -0.865. The van der Waals surface area contributed by atoms with Crippen molar-refractivity contribution in [1.29, 1.82) is 0 Å². The summed E-state index contributed by atoms with van der Waals surface area (Å²) >= 11 is 0. The molecule has 446 valence electrons. The zero-order valence-corrected chi connectivity index (χ0v) is 51.3. The molecule has 0 aromatic heterocycles. The number of carbonyl (C=O) groups excluding carboxylic acids is 3. The fourth-order valence-electron chi connectivity index (χ4n) is 10.2. The Morgan fingerprint density at radius 1 is 0.263 bits per heavy atom. The van der Waals surface area contributed by atoms with Gasteiger partial charge in [-0.1, -0.05) is 320 Å². The highest BCUT2D eigenvalue weighted by molar-refractivity contribution is 5.71. The average molecular weight is 1070 g/mol. The maximum absolute atomic E-state index is 12.9. The van der Waals surface area contributed by atoms with Crippen LogP contribution < -0.4 is 0 Å². The second-order valence-electron chi connectivity index (χ2n) is 23.1. The van der Waals surface area contributed by atoms with Gasteiger partial charge in [-0.05, 0) is 70.6 Å². The minimum absolute atomic E-state index is 0.0731. The van der Waals surface area contributed by atoms with Crippen molar-refractivity contribution in [2.75, 3.05) is 13.2 Å². The third kappa shape index (κ3) is 62.5. The quantitative estimate of drug-likeness (QED) is 0.0261. The first-order valence-electron chi connectivity index (χ1n) is 34.0. The Hall–Kier alpha value is -2.37. The Morgan fingerprint density at radius 3 is 0.789 bits per heavy atom. The van der Waals surface area contributed by atoms with Gasteiger partial charge in [0.15, 0.2) is 6.10 Å². The van der Waals surface area contributed by atoms with Gasteiger partial charge in [0, 0.05) is 19.3 Å². The normalized spacial score (nSPS) is 12.2. The van der Waals surface area contributed by atoms with Crippen molar-refractivity contribution in [2.24, 2.45) is 0 Å². The van der Waals surface area contributed by atoms with Gasteiger partial charge in [-0.3, -0.25) is 14.4 Å². The molecule has 0 aliphatic carbocycles. The summed E-state index contributed by atoms with van der Waals surface area (Å²) in [6.45, 7) is 6.63. The van der Waals surface area contributed by atoms with Crippen molar-refractivity contribution >= 4 is 17.9 Å². The number of unbranched alkanes of at least 4 members (excludes halogenated alkanes) is 46. The van der Waals surface area contributed by atoms with Crippen molar-refractivity contribution in [3.63, 3.8) is 0 Å². The van der Waals surface area contributed by atoms with E-state index < -0.39 is 6.10 Å². The Balaban J connectivity index is 4.25. The molecule has 1 unspecified atom stereocenters. The van der Waals surface area contributed by atoms with E-state index >= 15 is 0 Å². The molecule has 0 radical (unpaired) electrons. The molecule has 0 spiro atoms. The van der Waals surface area contributed by atoms with Crippen molar-refractivity contribution in [1.82, 2.24) is 0 Å². The third-order valence-electron chi connectivity index (χ3n) is 15.3. The molecule has 0 aromatic carbocycles. The van der Waals surface area contributed by atoms with E-state index in [0.29, 0.717) is 19.3 Å². The van der Waals surface area contributed by atoms with Crippen LogP contribution in [0, 0.1) is 0 Å². The molecule has 0 aliphatic rings. The monoisotopic (exact) mass is 1070 g/mol. The molecule has 0 fully saturated rings. The molecule has 0 aliphatic heterocycles. The number of ether oxygens (including phenoxy) is 3. The Bertz CT molecular complexity index is 1270. The molecule has 1 atom stereocenters. The molecule has 0 bridgehead atoms. The van der Waals surface area contributed by atoms with Crippen LogP contribution in [0.4, 0.5) is 0 Å². The van der Waals surface area contributed by atoms with Gasteiger partial charge in [0.25, 0.3) is 0 Å². The zero-order valence-electron chi connectivity index (χ0n) is 51.3. The smallest absolute Gasteiger partial charge is 0.306 e. The highest BCUT2D eigenvalue weighted by Gasteiger charge is 2.19. The van der Waals surface area contributed by atoms with Gasteiger partial charge in [0.1, 0.15) is 13.2 Å². The van der Waals surface area contributed by atoms with Crippen LogP contribution in [-0.2, 0) is 28.6 Å². The number of allylic oxidation sites excluding steroid dienone is 6. The first-order valence-corrected chi connectivity index (χ1v) is 34.0. The van der Waals surface area contributed by atoms with Gasteiger partial charge < -0.3 is 14.2 Å². The van der Waals surface area contributed by atoms with Gasteiger partial charge in [0.05, 0.1) is 0 Å². The molecule has 0 aromatic rings. The highest BCUT2D eigenvalue weighted by atomic mass is 16.6. The van der Waals surface area contributed by atoms with Crippen LogP contribution in [0.1, 0.15) is 374 Å². The molecule has 0 amide bonds. The Kier molecular flexibility index (Phi) is 63.1. The lowest BCUT2D eigenvalue weighted by atomic mass is 10.0. The van der Waals surface area contributed by atoms with Crippen LogP contribution in [0.5, 0.6) is 0 Å². The van der Waals surface area contributed by atoms with Crippen molar-refractivity contribution in [2.45, 2.75) is 380 Å². The summed E-state index contributed by atoms with van der Waals surface area (Å²) in [6.07, 6.45) is 80.3. The zero-order chi connectivity index (χ0) is 55.0. The van der Waals surface area contributed by atoms with Crippen molar-refractivity contribution < 1.29 is 28.6 Å². The van der Waals surface area contributed by atoms with Crippen LogP contribution in [0.2, 0.25) is 0 Å². The minimum atomic E-state index is -0.778. The summed E-state index contributed by atoms with van der Waals surface area (Å²) < 4.78 is 17.0. The first kappa shape index (κ1) is 73.6. The Labute approximate surface area is 474 Å². The standard InChI is InChI=1S/C70H130O6/c1-4-7-10-13-16-19-22-25-27-29-31-33-34-35-37-38-40-42-45-48-51-54-57-60-63-69(72)75-66-67(65-74-68(71)62-59-56-53-50-47-44-24-21-18-15-12-9-6-3)76-70(73)64-61-58-55-52-49-46-43-41-39-36-32-30-28-26-23-20-17-14-11-8-5-2/h12,15,21,24,30,32,67H,4-11,13-14,16-20,22-23,25-29,31,33-66H2,1-3H3/b15-12-,24-21-,32-30-. The van der Waals surface area contributed by atoms with Gasteiger partial charge in [-0.25, -0.2) is 0 Å². The molecule has 0 rings (SSSR count). The molecular formula is C70H130O6. The number of carbonyl (C=O) groups is 3. The average Bonchev–Trinajstić information content (AvgIpc) is 3.42. The molecule has 0 saturated heterocycles. The van der Waals surface area contributed by atoms with E-state index in [4.69, 9.17) is 14.2 Å². The largest absolute Gasteiger partial charge is 0.462 e. The maximum Gasteiger partial charge on any atom is 0.306 e. The lowest BCUT2D eigenvalue weighted by Crippen LogP contribution is -2.30. The maximum atomic E-state index is 12.9. The van der Waals surface area contributed by atoms with E-state index in [9.17, 15) is 14.4 Å². The number of hydrogen-bond acceptors (Lipinski definition) is 6. The van der Waals surface area contributed by atoms with Gasteiger partial charge in [-0.15, -0.1) is 0 Å². The second kappa shape index (κ2) is 65.2. The van der Waals surface area contributed by atoms with Crippen LogP contribution in [0.15, 0.2) is 36.5 Å². The summed E-state index contributed by atoms with van der Waals surface area (Å²) in [5, 5.41) is 0. The number of esters is 3. The molecule has 0 saturated carbocycles. The summed E-state index contributed by atoms with van der Waals surface area (Å²) in [5.41, 5.74) is 0. The predicted octanol–water partition coefficient (Wildman–Crippen LogP) is 23.2. The van der Waals surface area contributed by atoms with E-state index in [0.717, 1.165) is 83.5 Å². The fraction of sp³-hybridized carbons (Fsp3) is 0.871. The Morgan fingerprint density at radius 2 is 0.500 bits per heavy atom. The number of hydrogen-bond donors (Lipinski definition) is 0. The molecule has 6 heteroatoms. The van der Waals surface area contributed by atoms with E-state index in [1.54, 1.807) is 0 Å². The first-order chi connectivity index (χ1) is 37.5. The van der Waals surface area contributed by atoms with Crippen molar-refractivity contribution in [3.8, 4) is 0 Å². The lowest BCUT2D eigenvalue weighted by molar-refractivity contribution is -0.167. The van der Waals surface area contributed by atoms with E-state index in [1.807, 2.05) is 0 Å². The van der Waals surface area contributed by atoms with Gasteiger partial charge in [-0.2, -0.15) is 0 Å². The fourth-order valence-corrected chi connectivity index (χ4v) is 10.2. The van der Waals surface area contributed by atoms with Crippen molar-refractivity contribution in [3.05, 3.63) is 36.5 Å². The molecular weight excluding hydrogens is 937 g/mol. The van der Waals surface area contributed by atoms with Gasteiger partial charge >= 0.3 is 17.9 Å². The molecule has 0 N–H and O–H groups in total. The van der Waals surface area contributed by atoms with Crippen LogP contribution in [0.3, 0.4) is 0 Å². The van der Waals surface area contributed by atoms with E-state index in [1.165, 1.54) is 250 Å². The van der Waals surface area contributed by atoms with Crippen LogP contribution >= 0.6 is 0 Å². The summed E-state index contributed by atoms with van der Waals surface area (Å²) in [7, 11) is 0. The SMILES string of the molecule is CCC/C=C\C/C=C\CCCCCCCC(=O)OCC(COC(=O)CCCCCCCCCCCCCCCCCCCCCCCCCC)OC(=O)CCCCCCCCCCC/C=C\CCCCCCCCCC. The number of rotatable bonds is 63. The van der Waals surface area contributed by atoms with Crippen LogP contribution in [0.25, 0.3) is 0 Å². The minimum Gasteiger partial charge on any atom is -0.462 e. The third-order valence-corrected chi connectivity index (χ3v) is 15.3. The topological polar surface area (TPSA) is 78.9 Å². The highest BCUT2D eigenvalue weighted by Crippen LogP contribution is 2.18. The van der Waals surface area contributed by atoms with E-state index in [2.05, 4.69) is 57.2 Å². The lowest BCUT2D eigenvalue weighted by Gasteiger charge is -2.18. The van der Waals surface area contributed by atoms with Crippen LogP contribution in [-0.4, -0.2) is 37.2 Å². The summed E-state index contributed by atoms with van der Waals surface area (Å²) in [4.78, 5) is 38.3. The molecule has 0 heterocycles.